The molecule has 0 aliphatic carbocycles. The molecule has 9 heteroatoms. The first kappa shape index (κ1) is 20.0. The SMILES string of the molecule is CN1C(=O)C2(C[C@@](C)(Cc3ccc(F)cc3)Oc3cnc(-c4cncnc4)cc32)N=C1N. The van der Waals surface area contributed by atoms with Gasteiger partial charge in [0.2, 0.25) is 0 Å². The number of nitrogens with two attached hydrogens (primary N) is 1. The number of hydrogen-bond acceptors (Lipinski definition) is 7. The van der Waals surface area contributed by atoms with Crippen molar-refractivity contribution in [3.63, 3.8) is 0 Å². The van der Waals surface area contributed by atoms with Gasteiger partial charge in [-0.3, -0.25) is 14.7 Å². The van der Waals surface area contributed by atoms with Crippen molar-refractivity contribution < 1.29 is 13.9 Å². The number of pyridine rings is 1. The summed E-state index contributed by atoms with van der Waals surface area (Å²) >= 11 is 0. The molecule has 4 heterocycles. The van der Waals surface area contributed by atoms with Crippen LogP contribution >= 0.6 is 0 Å². The fraction of sp³-hybridized carbons (Fsp3) is 0.261. The minimum absolute atomic E-state index is 0.147. The topological polar surface area (TPSA) is 107 Å². The summed E-state index contributed by atoms with van der Waals surface area (Å²) in [6, 6.07) is 8.03. The molecular formula is C23H21FN6O2. The second-order valence-corrected chi connectivity index (χ2v) is 8.42. The third kappa shape index (κ3) is 3.17. The first-order valence-corrected chi connectivity index (χ1v) is 10.1. The van der Waals surface area contributed by atoms with E-state index in [1.807, 2.05) is 6.92 Å². The molecule has 2 aliphatic heterocycles. The number of rotatable bonds is 3. The van der Waals surface area contributed by atoms with Crippen LogP contribution in [0.5, 0.6) is 5.75 Å². The fourth-order valence-electron chi connectivity index (χ4n) is 4.50. The maximum atomic E-state index is 13.5. The smallest absolute Gasteiger partial charge is 0.261 e. The van der Waals surface area contributed by atoms with Crippen LogP contribution in [0.15, 0.2) is 60.2 Å². The van der Waals surface area contributed by atoms with E-state index in [2.05, 4.69) is 19.9 Å². The number of guanidine groups is 1. The molecule has 1 amide bonds. The van der Waals surface area contributed by atoms with Crippen LogP contribution < -0.4 is 10.5 Å². The number of aromatic nitrogens is 3. The van der Waals surface area contributed by atoms with Gasteiger partial charge in [-0.05, 0) is 30.7 Å². The number of carbonyl (C=O) groups excluding carboxylic acids is 1. The van der Waals surface area contributed by atoms with E-state index >= 15 is 0 Å². The second kappa shape index (κ2) is 7.08. The summed E-state index contributed by atoms with van der Waals surface area (Å²) in [5, 5.41) is 0. The molecule has 0 saturated carbocycles. The number of halogens is 1. The number of aliphatic imine (C=N–C) groups is 1. The van der Waals surface area contributed by atoms with Gasteiger partial charge in [0, 0.05) is 43.4 Å². The zero-order valence-electron chi connectivity index (χ0n) is 17.6. The first-order valence-electron chi connectivity index (χ1n) is 10.1. The Morgan fingerprint density at radius 2 is 1.91 bits per heavy atom. The summed E-state index contributed by atoms with van der Waals surface area (Å²) in [5.74, 6) is 0.0678. The summed E-state index contributed by atoms with van der Waals surface area (Å²) < 4.78 is 19.8. The van der Waals surface area contributed by atoms with Crippen molar-refractivity contribution in [3.05, 3.63) is 72.2 Å². The highest BCUT2D eigenvalue weighted by atomic mass is 19.1. The Balaban J connectivity index is 1.63. The molecule has 2 aliphatic rings. The van der Waals surface area contributed by atoms with Crippen LogP contribution in [-0.4, -0.2) is 44.4 Å². The Labute approximate surface area is 184 Å². The molecule has 32 heavy (non-hydrogen) atoms. The highest BCUT2D eigenvalue weighted by molar-refractivity contribution is 6.07. The van der Waals surface area contributed by atoms with Crippen molar-refractivity contribution in [2.75, 3.05) is 7.05 Å². The van der Waals surface area contributed by atoms with Crippen LogP contribution in [0, 0.1) is 5.82 Å². The average Bonchev–Trinajstić information content (AvgIpc) is 2.99. The van der Waals surface area contributed by atoms with E-state index in [9.17, 15) is 9.18 Å². The largest absolute Gasteiger partial charge is 0.485 e. The minimum atomic E-state index is -1.24. The molecule has 1 unspecified atom stereocenters. The Hall–Kier alpha value is -3.88. The fourth-order valence-corrected chi connectivity index (χ4v) is 4.50. The standard InChI is InChI=1S/C23H21FN6O2/c1-22(8-14-3-5-16(24)6-4-14)12-23(20(31)30(2)21(25)29-23)17-7-18(28-11-19(17)32-22)15-9-26-13-27-10-15/h3-7,9-11,13H,8,12H2,1-2H3,(H2,25,29)/t22-,23?/m1/s1. The molecule has 2 N–H and O–H groups in total. The predicted octanol–water partition coefficient (Wildman–Crippen LogP) is 2.44. The number of carbonyl (C=O) groups is 1. The number of hydrogen-bond donors (Lipinski definition) is 1. The van der Waals surface area contributed by atoms with E-state index in [0.717, 1.165) is 5.56 Å². The van der Waals surface area contributed by atoms with E-state index in [-0.39, 0.29) is 24.1 Å². The van der Waals surface area contributed by atoms with Crippen molar-refractivity contribution in [3.8, 4) is 17.0 Å². The van der Waals surface area contributed by atoms with Crippen molar-refractivity contribution in [1.82, 2.24) is 19.9 Å². The number of likely N-dealkylation sites (N-methyl/N-ethyl adjacent to an activating group) is 1. The van der Waals surface area contributed by atoms with E-state index in [0.29, 0.717) is 29.0 Å². The van der Waals surface area contributed by atoms with Gasteiger partial charge in [0.15, 0.2) is 11.5 Å². The van der Waals surface area contributed by atoms with Gasteiger partial charge < -0.3 is 10.5 Å². The van der Waals surface area contributed by atoms with Gasteiger partial charge >= 0.3 is 0 Å². The summed E-state index contributed by atoms with van der Waals surface area (Å²) in [5.41, 5.74) is 6.83. The van der Waals surface area contributed by atoms with Crippen LogP contribution in [0.2, 0.25) is 0 Å². The number of nitrogens with zero attached hydrogens (tertiary/aromatic N) is 5. The second-order valence-electron chi connectivity index (χ2n) is 8.42. The molecule has 5 rings (SSSR count). The van der Waals surface area contributed by atoms with E-state index < -0.39 is 11.1 Å². The molecule has 0 bridgehead atoms. The molecule has 3 aromatic rings. The highest BCUT2D eigenvalue weighted by Gasteiger charge is 2.56. The van der Waals surface area contributed by atoms with Crippen LogP contribution in [0.4, 0.5) is 4.39 Å². The first-order chi connectivity index (χ1) is 15.3. The summed E-state index contributed by atoms with van der Waals surface area (Å²) in [6.07, 6.45) is 7.05. The van der Waals surface area contributed by atoms with Crippen LogP contribution in [0.1, 0.15) is 24.5 Å². The van der Waals surface area contributed by atoms with Gasteiger partial charge in [0.25, 0.3) is 5.91 Å². The van der Waals surface area contributed by atoms with E-state index in [4.69, 9.17) is 10.5 Å². The maximum absolute atomic E-state index is 13.5. The van der Waals surface area contributed by atoms with Crippen LogP contribution in [-0.2, 0) is 16.8 Å². The molecule has 2 atom stereocenters. The molecule has 0 fully saturated rings. The number of fused-ring (bicyclic) bond motifs is 2. The van der Waals surface area contributed by atoms with Gasteiger partial charge in [0.1, 0.15) is 23.5 Å². The molecule has 162 valence electrons. The molecule has 8 nitrogen and oxygen atoms in total. The maximum Gasteiger partial charge on any atom is 0.261 e. The van der Waals surface area contributed by atoms with Crippen molar-refractivity contribution in [2.45, 2.75) is 30.9 Å². The zero-order chi connectivity index (χ0) is 22.5. The lowest BCUT2D eigenvalue weighted by molar-refractivity contribution is -0.133. The third-order valence-electron chi connectivity index (χ3n) is 5.95. The van der Waals surface area contributed by atoms with Crippen LogP contribution in [0.3, 0.4) is 0 Å². The summed E-state index contributed by atoms with van der Waals surface area (Å²) in [7, 11) is 1.61. The third-order valence-corrected chi connectivity index (χ3v) is 5.95. The average molecular weight is 432 g/mol. The highest BCUT2D eigenvalue weighted by Crippen LogP contribution is 2.50. The predicted molar refractivity (Wildman–Crippen MR) is 115 cm³/mol. The lowest BCUT2D eigenvalue weighted by atomic mass is 9.75. The van der Waals surface area contributed by atoms with Gasteiger partial charge in [-0.15, -0.1) is 0 Å². The zero-order valence-corrected chi connectivity index (χ0v) is 17.6. The Bertz CT molecular complexity index is 1230. The van der Waals surface area contributed by atoms with E-state index in [1.165, 1.54) is 23.4 Å². The monoisotopic (exact) mass is 432 g/mol. The Morgan fingerprint density at radius 1 is 1.19 bits per heavy atom. The lowest BCUT2D eigenvalue weighted by Crippen LogP contribution is -2.51. The van der Waals surface area contributed by atoms with Gasteiger partial charge in [0.05, 0.1) is 11.9 Å². The summed E-state index contributed by atoms with van der Waals surface area (Å²) in [6.45, 7) is 1.91. The summed E-state index contributed by atoms with van der Waals surface area (Å²) in [4.78, 5) is 32.1. The minimum Gasteiger partial charge on any atom is -0.485 e. The Morgan fingerprint density at radius 3 is 2.56 bits per heavy atom. The number of amides is 1. The number of benzene rings is 1. The van der Waals surface area contributed by atoms with E-state index in [1.54, 1.807) is 43.8 Å². The van der Waals surface area contributed by atoms with Gasteiger partial charge in [-0.25, -0.2) is 19.4 Å². The van der Waals surface area contributed by atoms with Crippen molar-refractivity contribution in [1.29, 1.82) is 0 Å². The number of ether oxygens (including phenoxy) is 1. The van der Waals surface area contributed by atoms with Gasteiger partial charge in [-0.1, -0.05) is 12.1 Å². The van der Waals surface area contributed by atoms with Gasteiger partial charge in [-0.2, -0.15) is 0 Å². The van der Waals surface area contributed by atoms with Crippen molar-refractivity contribution in [2.24, 2.45) is 10.7 Å². The van der Waals surface area contributed by atoms with Crippen LogP contribution in [0.25, 0.3) is 11.3 Å². The van der Waals surface area contributed by atoms with Crippen molar-refractivity contribution >= 4 is 11.9 Å². The molecule has 2 aromatic heterocycles. The lowest BCUT2D eigenvalue weighted by Gasteiger charge is -2.43. The molecular weight excluding hydrogens is 411 g/mol. The molecule has 0 saturated heterocycles. The normalized spacial score (nSPS) is 24.3. The molecule has 1 aromatic carbocycles. The Kier molecular flexibility index (Phi) is 4.44. The molecule has 0 radical (unpaired) electrons. The quantitative estimate of drug-likeness (QED) is 0.681. The molecule has 1 spiro atoms.